The lowest BCUT2D eigenvalue weighted by molar-refractivity contribution is -0.387. The number of carbonyl (C=O) groups excluding carboxylic acids is 1. The predicted octanol–water partition coefficient (Wildman–Crippen LogP) is 4.24. The highest BCUT2D eigenvalue weighted by Crippen LogP contribution is 2.23. The average molecular weight is 421 g/mol. The highest BCUT2D eigenvalue weighted by molar-refractivity contribution is 14.1. The van der Waals surface area contributed by atoms with Crippen molar-refractivity contribution in [2.75, 3.05) is 5.32 Å². The Hall–Kier alpha value is -1.74. The number of nitrogens with one attached hydrogen (secondary N) is 1. The van der Waals surface area contributed by atoms with Gasteiger partial charge in [-0.2, -0.15) is 4.39 Å². The van der Waals surface area contributed by atoms with Gasteiger partial charge in [0, 0.05) is 27.0 Å². The van der Waals surface area contributed by atoms with Crippen molar-refractivity contribution in [2.24, 2.45) is 0 Å². The molecule has 0 aliphatic rings. The smallest absolute Gasteiger partial charge is 0.304 e. The van der Waals surface area contributed by atoms with E-state index in [-0.39, 0.29) is 5.69 Å². The maximum absolute atomic E-state index is 13.5. The Morgan fingerprint density at radius 1 is 1.29 bits per heavy atom. The van der Waals surface area contributed by atoms with Crippen molar-refractivity contribution in [3.8, 4) is 0 Å². The molecule has 0 fully saturated rings. The van der Waals surface area contributed by atoms with Crippen LogP contribution >= 0.6 is 34.2 Å². The number of carbonyl (C=O) groups is 1. The molecule has 0 saturated carbocycles. The molecule has 0 radical (unpaired) electrons. The molecule has 108 valence electrons. The third kappa shape index (κ3) is 3.67. The molecule has 0 atom stereocenters. The van der Waals surface area contributed by atoms with Crippen LogP contribution in [0.25, 0.3) is 0 Å². The number of hydrogen-bond donors (Lipinski definition) is 1. The molecule has 2 aromatic rings. The molecule has 0 aromatic heterocycles. The molecule has 8 heteroatoms. The Labute approximate surface area is 137 Å². The number of anilines is 1. The first-order chi connectivity index (χ1) is 9.88. The van der Waals surface area contributed by atoms with Crippen LogP contribution in [0.4, 0.5) is 15.8 Å². The van der Waals surface area contributed by atoms with Crippen LogP contribution in [0, 0.1) is 19.5 Å². The van der Waals surface area contributed by atoms with E-state index in [1.807, 2.05) is 22.6 Å². The van der Waals surface area contributed by atoms with Gasteiger partial charge in [-0.05, 0) is 46.9 Å². The first-order valence-electron chi connectivity index (χ1n) is 5.59. The van der Waals surface area contributed by atoms with Gasteiger partial charge in [0.1, 0.15) is 0 Å². The maximum atomic E-state index is 13.5. The van der Waals surface area contributed by atoms with E-state index in [9.17, 15) is 19.3 Å². The molecule has 2 rings (SSSR count). The van der Waals surface area contributed by atoms with Crippen LogP contribution in [-0.4, -0.2) is 10.8 Å². The van der Waals surface area contributed by atoms with E-state index in [2.05, 4.69) is 5.32 Å². The highest BCUT2D eigenvalue weighted by atomic mass is 127. The Morgan fingerprint density at radius 3 is 2.57 bits per heavy atom. The SMILES string of the molecule is O=C(Nc1ccc([N+](=O)[O-])c(F)c1)c1ccc(I)c(Cl)c1. The molecule has 0 unspecified atom stereocenters. The van der Waals surface area contributed by atoms with Crippen molar-refractivity contribution in [3.63, 3.8) is 0 Å². The molecule has 0 saturated heterocycles. The van der Waals surface area contributed by atoms with Gasteiger partial charge in [0.05, 0.1) is 9.95 Å². The fraction of sp³-hybridized carbons (Fsp3) is 0. The minimum atomic E-state index is -1.02. The summed E-state index contributed by atoms with van der Waals surface area (Å²) in [5.41, 5.74) is -0.220. The lowest BCUT2D eigenvalue weighted by atomic mass is 10.2. The zero-order valence-corrected chi connectivity index (χ0v) is 13.2. The summed E-state index contributed by atoms with van der Waals surface area (Å²) in [4.78, 5) is 21.7. The number of nitro benzene ring substituents is 1. The Kier molecular flexibility index (Phi) is 4.73. The maximum Gasteiger partial charge on any atom is 0.304 e. The second-order valence-electron chi connectivity index (χ2n) is 4.01. The van der Waals surface area contributed by atoms with Crippen LogP contribution in [0.2, 0.25) is 5.02 Å². The molecule has 0 spiro atoms. The molecule has 0 bridgehead atoms. The lowest BCUT2D eigenvalue weighted by Crippen LogP contribution is -2.12. The monoisotopic (exact) mass is 420 g/mol. The second kappa shape index (κ2) is 6.35. The van der Waals surface area contributed by atoms with E-state index in [1.54, 1.807) is 12.1 Å². The lowest BCUT2D eigenvalue weighted by Gasteiger charge is -2.06. The quantitative estimate of drug-likeness (QED) is 0.458. The molecule has 0 heterocycles. The summed E-state index contributed by atoms with van der Waals surface area (Å²) in [6.07, 6.45) is 0. The number of halogens is 3. The van der Waals surface area contributed by atoms with Gasteiger partial charge in [0.2, 0.25) is 5.82 Å². The van der Waals surface area contributed by atoms with Gasteiger partial charge < -0.3 is 5.32 Å². The van der Waals surface area contributed by atoms with Crippen LogP contribution in [0.3, 0.4) is 0 Å². The highest BCUT2D eigenvalue weighted by Gasteiger charge is 2.15. The molecule has 0 aliphatic carbocycles. The predicted molar refractivity (Wildman–Crippen MR) is 85.2 cm³/mol. The van der Waals surface area contributed by atoms with Crippen LogP contribution in [0.1, 0.15) is 10.4 Å². The Balaban J connectivity index is 2.21. The normalized spacial score (nSPS) is 10.2. The zero-order chi connectivity index (χ0) is 15.6. The second-order valence-corrected chi connectivity index (χ2v) is 5.58. The van der Waals surface area contributed by atoms with Gasteiger partial charge in [0.25, 0.3) is 5.91 Å². The largest absolute Gasteiger partial charge is 0.322 e. The molecule has 2 aromatic carbocycles. The van der Waals surface area contributed by atoms with Crippen LogP contribution in [0.5, 0.6) is 0 Å². The Bertz CT molecular complexity index is 739. The Morgan fingerprint density at radius 2 is 2.00 bits per heavy atom. The molecule has 1 N–H and O–H groups in total. The van der Waals surface area contributed by atoms with E-state index in [0.717, 1.165) is 15.7 Å². The summed E-state index contributed by atoms with van der Waals surface area (Å²) < 4.78 is 14.3. The van der Waals surface area contributed by atoms with Gasteiger partial charge >= 0.3 is 5.69 Å². The summed E-state index contributed by atoms with van der Waals surface area (Å²) in [5, 5.41) is 13.4. The van der Waals surface area contributed by atoms with Crippen molar-refractivity contribution in [2.45, 2.75) is 0 Å². The van der Waals surface area contributed by atoms with Gasteiger partial charge in [-0.25, -0.2) is 0 Å². The van der Waals surface area contributed by atoms with Crippen molar-refractivity contribution >= 4 is 51.5 Å². The van der Waals surface area contributed by atoms with E-state index < -0.39 is 22.3 Å². The fourth-order valence-electron chi connectivity index (χ4n) is 1.57. The van der Waals surface area contributed by atoms with Gasteiger partial charge in [-0.3, -0.25) is 14.9 Å². The summed E-state index contributed by atoms with van der Waals surface area (Å²) in [7, 11) is 0. The standard InChI is InChI=1S/C13H7ClFIN2O3/c14-9-5-7(1-3-11(9)16)13(19)17-8-2-4-12(18(20)21)10(15)6-8/h1-6H,(H,17,19). The van der Waals surface area contributed by atoms with E-state index >= 15 is 0 Å². The number of rotatable bonds is 3. The van der Waals surface area contributed by atoms with Gasteiger partial charge in [0.15, 0.2) is 0 Å². The molecular weight excluding hydrogens is 414 g/mol. The summed E-state index contributed by atoms with van der Waals surface area (Å²) in [6, 6.07) is 7.88. The fourth-order valence-corrected chi connectivity index (χ4v) is 2.09. The average Bonchev–Trinajstić information content (AvgIpc) is 2.41. The summed E-state index contributed by atoms with van der Waals surface area (Å²) in [5.74, 6) is -1.50. The number of hydrogen-bond acceptors (Lipinski definition) is 3. The van der Waals surface area contributed by atoms with Crippen LogP contribution in [0.15, 0.2) is 36.4 Å². The number of nitro groups is 1. The topological polar surface area (TPSA) is 72.2 Å². The summed E-state index contributed by atoms with van der Waals surface area (Å²) in [6.45, 7) is 0. The van der Waals surface area contributed by atoms with Crippen LogP contribution < -0.4 is 5.32 Å². The third-order valence-corrected chi connectivity index (χ3v) is 4.16. The first kappa shape index (κ1) is 15.6. The van der Waals surface area contributed by atoms with Crippen molar-refractivity contribution in [1.29, 1.82) is 0 Å². The summed E-state index contributed by atoms with van der Waals surface area (Å²) >= 11 is 7.94. The molecule has 21 heavy (non-hydrogen) atoms. The number of nitrogens with zero attached hydrogens (tertiary/aromatic N) is 1. The van der Waals surface area contributed by atoms with Crippen molar-refractivity contribution in [3.05, 3.63) is 66.5 Å². The molecule has 5 nitrogen and oxygen atoms in total. The van der Waals surface area contributed by atoms with Crippen LogP contribution in [-0.2, 0) is 0 Å². The first-order valence-corrected chi connectivity index (χ1v) is 7.04. The van der Waals surface area contributed by atoms with Crippen molar-refractivity contribution in [1.82, 2.24) is 0 Å². The van der Waals surface area contributed by atoms with Crippen molar-refractivity contribution < 1.29 is 14.1 Å². The van der Waals surface area contributed by atoms with Gasteiger partial charge in [-0.1, -0.05) is 11.6 Å². The van der Waals surface area contributed by atoms with E-state index in [1.165, 1.54) is 12.1 Å². The minimum Gasteiger partial charge on any atom is -0.322 e. The van der Waals surface area contributed by atoms with Gasteiger partial charge in [-0.15, -0.1) is 0 Å². The molecule has 0 aliphatic heterocycles. The minimum absolute atomic E-state index is 0.123. The zero-order valence-electron chi connectivity index (χ0n) is 10.3. The molecular formula is C13H7ClFIN2O3. The third-order valence-electron chi connectivity index (χ3n) is 2.58. The van der Waals surface area contributed by atoms with E-state index in [4.69, 9.17) is 11.6 Å². The number of benzene rings is 2. The number of amides is 1. The molecule has 1 amide bonds. The van der Waals surface area contributed by atoms with E-state index in [0.29, 0.717) is 10.6 Å².